The van der Waals surface area contributed by atoms with Crippen molar-refractivity contribution >= 4 is 0 Å². The van der Waals surface area contributed by atoms with Crippen LogP contribution in [0.3, 0.4) is 0 Å². The largest absolute Gasteiger partial charge is 0.403 e. The third kappa shape index (κ3) is 3.40. The normalized spacial score (nSPS) is 23.1. The molecule has 0 radical (unpaired) electrons. The van der Waals surface area contributed by atoms with Gasteiger partial charge in [-0.15, -0.1) is 0 Å². The second-order valence-corrected chi connectivity index (χ2v) is 2.98. The molecule has 1 saturated heterocycles. The number of rotatable bonds is 1. The van der Waals surface area contributed by atoms with E-state index in [1.807, 2.05) is 13.8 Å². The average molecular weight is 219 g/mol. The number of hydrogen-bond acceptors (Lipinski definition) is 1. The van der Waals surface area contributed by atoms with E-state index in [1.54, 1.807) is 0 Å². The van der Waals surface area contributed by atoms with Crippen LogP contribution >= 0.6 is 0 Å². The highest BCUT2D eigenvalue weighted by Gasteiger charge is 2.52. The second-order valence-electron chi connectivity index (χ2n) is 2.98. The first kappa shape index (κ1) is 13.6. The van der Waals surface area contributed by atoms with Gasteiger partial charge in [-0.25, -0.2) is 8.78 Å². The van der Waals surface area contributed by atoms with Gasteiger partial charge in [0.15, 0.2) is 0 Å². The molecule has 14 heavy (non-hydrogen) atoms. The molecule has 1 heterocycles. The summed E-state index contributed by atoms with van der Waals surface area (Å²) in [6.45, 7) is 3.32. The van der Waals surface area contributed by atoms with Crippen LogP contribution in [0.2, 0.25) is 0 Å². The summed E-state index contributed by atoms with van der Waals surface area (Å²) in [4.78, 5) is 0.708. The molecule has 1 atom stereocenters. The van der Waals surface area contributed by atoms with E-state index in [-0.39, 0.29) is 0 Å². The van der Waals surface area contributed by atoms with Gasteiger partial charge in [-0.2, -0.15) is 13.2 Å². The summed E-state index contributed by atoms with van der Waals surface area (Å²) in [7, 11) is 0. The van der Waals surface area contributed by atoms with Crippen molar-refractivity contribution in [2.75, 3.05) is 13.1 Å². The molecule has 1 aliphatic rings. The van der Waals surface area contributed by atoms with E-state index in [2.05, 4.69) is 0 Å². The Kier molecular flexibility index (Phi) is 4.30. The first-order chi connectivity index (χ1) is 6.22. The molecule has 1 rings (SSSR count). The molecule has 86 valence electrons. The Morgan fingerprint density at radius 2 is 1.50 bits per heavy atom. The predicted molar refractivity (Wildman–Crippen MR) is 43.4 cm³/mol. The summed E-state index contributed by atoms with van der Waals surface area (Å²) >= 11 is 0. The van der Waals surface area contributed by atoms with E-state index in [0.717, 1.165) is 6.92 Å². The van der Waals surface area contributed by atoms with Gasteiger partial charge in [-0.05, 0) is 6.92 Å². The van der Waals surface area contributed by atoms with Crippen molar-refractivity contribution in [2.24, 2.45) is 0 Å². The zero-order valence-electron chi connectivity index (χ0n) is 8.33. The molecular weight excluding hydrogens is 205 g/mol. The molecule has 0 amide bonds. The smallest absolute Gasteiger partial charge is 0.280 e. The van der Waals surface area contributed by atoms with Gasteiger partial charge in [0.05, 0.1) is 13.1 Å². The van der Waals surface area contributed by atoms with Crippen molar-refractivity contribution in [1.82, 2.24) is 4.90 Å². The lowest BCUT2D eigenvalue weighted by Gasteiger charge is -2.42. The summed E-state index contributed by atoms with van der Waals surface area (Å²) in [5.74, 6) is -2.93. The molecule has 0 bridgehead atoms. The van der Waals surface area contributed by atoms with Crippen LogP contribution in [0.25, 0.3) is 0 Å². The summed E-state index contributed by atoms with van der Waals surface area (Å²) in [5, 5.41) is 0. The lowest BCUT2D eigenvalue weighted by Crippen LogP contribution is -2.62. The fourth-order valence-corrected chi connectivity index (χ4v) is 1.03. The molecular formula is C8H14F5N. The molecule has 6 heteroatoms. The first-order valence-electron chi connectivity index (χ1n) is 4.41. The maximum atomic E-state index is 12.1. The van der Waals surface area contributed by atoms with Gasteiger partial charge in [-0.1, -0.05) is 13.8 Å². The third-order valence-electron chi connectivity index (χ3n) is 1.89. The van der Waals surface area contributed by atoms with Crippen molar-refractivity contribution in [1.29, 1.82) is 0 Å². The molecule has 0 aliphatic carbocycles. The summed E-state index contributed by atoms with van der Waals surface area (Å²) < 4.78 is 59.9. The van der Waals surface area contributed by atoms with Crippen molar-refractivity contribution in [3.8, 4) is 0 Å². The van der Waals surface area contributed by atoms with Crippen molar-refractivity contribution in [3.63, 3.8) is 0 Å². The predicted octanol–water partition coefficient (Wildman–Crippen LogP) is 2.91. The lowest BCUT2D eigenvalue weighted by molar-refractivity contribution is -0.228. The van der Waals surface area contributed by atoms with Crippen molar-refractivity contribution in [3.05, 3.63) is 0 Å². The summed E-state index contributed by atoms with van der Waals surface area (Å²) in [5.41, 5.74) is 0. The van der Waals surface area contributed by atoms with Gasteiger partial charge in [0, 0.05) is 0 Å². The zero-order valence-corrected chi connectivity index (χ0v) is 8.33. The number of alkyl halides is 5. The molecule has 0 aromatic heterocycles. The van der Waals surface area contributed by atoms with Gasteiger partial charge >= 0.3 is 6.18 Å². The number of nitrogens with zero attached hydrogens (tertiary/aromatic N) is 1. The van der Waals surface area contributed by atoms with E-state index in [4.69, 9.17) is 0 Å². The van der Waals surface area contributed by atoms with E-state index >= 15 is 0 Å². The number of hydrogen-bond donors (Lipinski definition) is 0. The molecule has 1 aliphatic heterocycles. The minimum Gasteiger partial charge on any atom is -0.280 e. The van der Waals surface area contributed by atoms with Crippen LogP contribution < -0.4 is 0 Å². The van der Waals surface area contributed by atoms with Crippen LogP contribution in [0.4, 0.5) is 22.0 Å². The van der Waals surface area contributed by atoms with E-state index < -0.39 is 31.2 Å². The fraction of sp³-hybridized carbons (Fsp3) is 1.00. The average Bonchev–Trinajstić information content (AvgIpc) is 2.01. The molecule has 0 aromatic rings. The van der Waals surface area contributed by atoms with Crippen LogP contribution in [0.1, 0.15) is 20.8 Å². The monoisotopic (exact) mass is 219 g/mol. The standard InChI is InChI=1S/C6H8F5N.C2H6/c1-4(6(9,10)11)12-2-5(7,8)3-12;1-2/h4H,2-3H2,1H3;1-2H3. The highest BCUT2D eigenvalue weighted by Crippen LogP contribution is 2.34. The summed E-state index contributed by atoms with van der Waals surface area (Å²) in [6, 6.07) is -1.77. The molecule has 0 aromatic carbocycles. The van der Waals surface area contributed by atoms with Crippen LogP contribution in [0.15, 0.2) is 0 Å². The first-order valence-corrected chi connectivity index (χ1v) is 4.41. The fourth-order valence-electron chi connectivity index (χ4n) is 1.03. The zero-order chi connectivity index (χ0) is 11.6. The highest BCUT2D eigenvalue weighted by molar-refractivity contribution is 4.92. The minimum absolute atomic E-state index is 0.708. The Morgan fingerprint density at radius 1 is 1.14 bits per heavy atom. The SMILES string of the molecule is CC.CC(N1CC(F)(F)C1)C(F)(F)F. The van der Waals surface area contributed by atoms with Crippen LogP contribution in [0, 0.1) is 0 Å². The Morgan fingerprint density at radius 3 is 1.71 bits per heavy atom. The molecule has 0 saturated carbocycles. The maximum Gasteiger partial charge on any atom is 0.403 e. The molecule has 0 spiro atoms. The molecule has 0 N–H and O–H groups in total. The quantitative estimate of drug-likeness (QED) is 0.613. The highest BCUT2D eigenvalue weighted by atomic mass is 19.4. The van der Waals surface area contributed by atoms with Gasteiger partial charge in [0.2, 0.25) is 0 Å². The Balaban J connectivity index is 0.000000791. The van der Waals surface area contributed by atoms with Crippen LogP contribution in [-0.2, 0) is 0 Å². The Labute approximate surface area is 79.9 Å². The van der Waals surface area contributed by atoms with Crippen molar-refractivity contribution < 1.29 is 22.0 Å². The maximum absolute atomic E-state index is 12.1. The van der Waals surface area contributed by atoms with Gasteiger partial charge in [0.25, 0.3) is 5.92 Å². The van der Waals surface area contributed by atoms with E-state index in [9.17, 15) is 22.0 Å². The van der Waals surface area contributed by atoms with Gasteiger partial charge in [-0.3, -0.25) is 4.90 Å². The molecule has 1 nitrogen and oxygen atoms in total. The second kappa shape index (κ2) is 4.42. The number of halogens is 5. The van der Waals surface area contributed by atoms with Gasteiger partial charge < -0.3 is 0 Å². The van der Waals surface area contributed by atoms with Crippen LogP contribution in [-0.4, -0.2) is 36.1 Å². The minimum atomic E-state index is -4.41. The Hall–Kier alpha value is -0.390. The molecule has 1 fully saturated rings. The molecule has 1 unspecified atom stereocenters. The van der Waals surface area contributed by atoms with E-state index in [1.165, 1.54) is 0 Å². The van der Waals surface area contributed by atoms with Crippen LogP contribution in [0.5, 0.6) is 0 Å². The Bertz CT molecular complexity index is 169. The lowest BCUT2D eigenvalue weighted by atomic mass is 10.1. The number of likely N-dealkylation sites (tertiary alicyclic amines) is 1. The summed E-state index contributed by atoms with van der Waals surface area (Å²) in [6.07, 6.45) is -4.41. The van der Waals surface area contributed by atoms with E-state index in [0.29, 0.717) is 4.90 Å². The topological polar surface area (TPSA) is 3.24 Å². The van der Waals surface area contributed by atoms with Crippen molar-refractivity contribution in [2.45, 2.75) is 38.9 Å². The third-order valence-corrected chi connectivity index (χ3v) is 1.89. The van der Waals surface area contributed by atoms with Gasteiger partial charge in [0.1, 0.15) is 6.04 Å².